The summed E-state index contributed by atoms with van der Waals surface area (Å²) in [7, 11) is 0. The molecule has 2 heteroatoms. The fraction of sp³-hybridized carbons (Fsp3) is 0.571. The van der Waals surface area contributed by atoms with Crippen molar-refractivity contribution >= 4 is 15.9 Å². The zero-order valence-corrected chi connectivity index (χ0v) is 11.3. The first kappa shape index (κ1) is 10.8. The Labute approximate surface area is 106 Å². The zero-order valence-electron chi connectivity index (χ0n) is 9.67. The Morgan fingerprint density at radius 2 is 2.12 bits per heavy atom. The van der Waals surface area contributed by atoms with Crippen molar-refractivity contribution in [3.8, 4) is 0 Å². The summed E-state index contributed by atoms with van der Waals surface area (Å²) in [6.45, 7) is 2.34. The number of hydrogen-bond acceptors (Lipinski definition) is 1. The van der Waals surface area contributed by atoms with Crippen LogP contribution in [0.25, 0.3) is 0 Å². The lowest BCUT2D eigenvalue weighted by Gasteiger charge is -2.23. The topological polar surface area (TPSA) is 12.0 Å². The lowest BCUT2D eigenvalue weighted by atomic mass is 10.0. The summed E-state index contributed by atoms with van der Waals surface area (Å²) in [5, 5.41) is 3.85. The van der Waals surface area contributed by atoms with E-state index in [2.05, 4.69) is 52.4 Å². The van der Waals surface area contributed by atoms with Gasteiger partial charge in [-0.3, -0.25) is 0 Å². The molecular formula is C14H18BrN. The Kier molecular flexibility index (Phi) is 2.60. The molecule has 1 aromatic rings. The van der Waals surface area contributed by atoms with Gasteiger partial charge in [0, 0.05) is 16.1 Å². The summed E-state index contributed by atoms with van der Waals surface area (Å²) in [6.07, 6.45) is 5.42. The van der Waals surface area contributed by atoms with E-state index in [-0.39, 0.29) is 0 Å². The number of benzene rings is 1. The largest absolute Gasteiger partial charge is 0.305 e. The number of rotatable bonds is 4. The maximum absolute atomic E-state index is 3.85. The highest BCUT2D eigenvalue weighted by atomic mass is 79.9. The van der Waals surface area contributed by atoms with Crippen molar-refractivity contribution in [2.45, 2.75) is 44.2 Å². The normalized spacial score (nSPS) is 24.1. The molecular weight excluding hydrogens is 262 g/mol. The van der Waals surface area contributed by atoms with E-state index >= 15 is 0 Å². The van der Waals surface area contributed by atoms with Crippen LogP contribution in [-0.2, 0) is 5.54 Å². The molecule has 0 heterocycles. The molecule has 2 aliphatic rings. The zero-order chi connectivity index (χ0) is 11.2. The van der Waals surface area contributed by atoms with E-state index in [0.29, 0.717) is 11.6 Å². The molecule has 0 aliphatic heterocycles. The molecule has 0 aromatic heterocycles. The molecule has 2 saturated carbocycles. The molecule has 1 N–H and O–H groups in total. The standard InChI is InChI=1S/C14H18BrN/c1-10(11-5-6-11)16-14(7-8-14)12-3-2-4-13(15)9-12/h2-4,9-11,16H,5-8H2,1H3. The van der Waals surface area contributed by atoms with Crippen LogP contribution in [0.1, 0.15) is 38.2 Å². The quantitative estimate of drug-likeness (QED) is 0.884. The Hall–Kier alpha value is -0.340. The van der Waals surface area contributed by atoms with Crippen LogP contribution in [0.2, 0.25) is 0 Å². The molecule has 86 valence electrons. The van der Waals surface area contributed by atoms with E-state index in [4.69, 9.17) is 0 Å². The van der Waals surface area contributed by atoms with E-state index in [9.17, 15) is 0 Å². The van der Waals surface area contributed by atoms with Gasteiger partial charge >= 0.3 is 0 Å². The molecule has 0 bridgehead atoms. The molecule has 3 rings (SSSR count). The summed E-state index contributed by atoms with van der Waals surface area (Å²) in [6, 6.07) is 9.44. The van der Waals surface area contributed by atoms with Gasteiger partial charge in [0.05, 0.1) is 0 Å². The first-order chi connectivity index (χ1) is 7.70. The average molecular weight is 280 g/mol. The second kappa shape index (κ2) is 3.85. The van der Waals surface area contributed by atoms with Gasteiger partial charge in [-0.15, -0.1) is 0 Å². The Morgan fingerprint density at radius 3 is 2.69 bits per heavy atom. The summed E-state index contributed by atoms with van der Waals surface area (Å²) < 4.78 is 1.19. The molecule has 1 aromatic carbocycles. The average Bonchev–Trinajstić information content (AvgIpc) is 3.13. The van der Waals surface area contributed by atoms with Crippen LogP contribution in [0, 0.1) is 5.92 Å². The number of halogens is 1. The van der Waals surface area contributed by atoms with E-state index in [1.165, 1.54) is 35.7 Å². The fourth-order valence-corrected chi connectivity index (χ4v) is 2.98. The number of hydrogen-bond donors (Lipinski definition) is 1. The van der Waals surface area contributed by atoms with Crippen LogP contribution in [0.15, 0.2) is 28.7 Å². The Morgan fingerprint density at radius 1 is 1.38 bits per heavy atom. The lowest BCUT2D eigenvalue weighted by Crippen LogP contribution is -2.37. The van der Waals surface area contributed by atoms with Crippen molar-refractivity contribution < 1.29 is 0 Å². The molecule has 1 atom stereocenters. The summed E-state index contributed by atoms with van der Waals surface area (Å²) in [5.41, 5.74) is 1.75. The van der Waals surface area contributed by atoms with Gasteiger partial charge in [-0.05, 0) is 56.2 Å². The van der Waals surface area contributed by atoms with Gasteiger partial charge in [-0.1, -0.05) is 28.1 Å². The van der Waals surface area contributed by atoms with Crippen LogP contribution in [0.3, 0.4) is 0 Å². The van der Waals surface area contributed by atoms with Crippen molar-refractivity contribution in [2.75, 3.05) is 0 Å². The van der Waals surface area contributed by atoms with Crippen LogP contribution in [-0.4, -0.2) is 6.04 Å². The van der Waals surface area contributed by atoms with Gasteiger partial charge in [0.2, 0.25) is 0 Å². The molecule has 0 amide bonds. The summed E-state index contributed by atoms with van der Waals surface area (Å²) >= 11 is 3.56. The molecule has 2 fully saturated rings. The van der Waals surface area contributed by atoms with Crippen molar-refractivity contribution in [1.82, 2.24) is 5.32 Å². The maximum Gasteiger partial charge on any atom is 0.0438 e. The van der Waals surface area contributed by atoms with Gasteiger partial charge < -0.3 is 5.32 Å². The molecule has 1 unspecified atom stereocenters. The Bertz CT molecular complexity index is 393. The molecule has 0 radical (unpaired) electrons. The third-order valence-corrected chi connectivity index (χ3v) is 4.45. The molecule has 0 spiro atoms. The lowest BCUT2D eigenvalue weighted by molar-refractivity contribution is 0.407. The minimum Gasteiger partial charge on any atom is -0.305 e. The van der Waals surface area contributed by atoms with E-state index < -0.39 is 0 Å². The van der Waals surface area contributed by atoms with Crippen LogP contribution in [0.4, 0.5) is 0 Å². The van der Waals surface area contributed by atoms with Gasteiger partial charge in [-0.2, -0.15) is 0 Å². The minimum absolute atomic E-state index is 0.297. The first-order valence-electron chi connectivity index (χ1n) is 6.23. The maximum atomic E-state index is 3.85. The van der Waals surface area contributed by atoms with Crippen LogP contribution < -0.4 is 5.32 Å². The molecule has 0 saturated heterocycles. The third-order valence-electron chi connectivity index (χ3n) is 3.96. The van der Waals surface area contributed by atoms with E-state index in [0.717, 1.165) is 5.92 Å². The first-order valence-corrected chi connectivity index (χ1v) is 7.03. The smallest absolute Gasteiger partial charge is 0.0438 e. The van der Waals surface area contributed by atoms with Crippen molar-refractivity contribution in [3.63, 3.8) is 0 Å². The fourth-order valence-electron chi connectivity index (χ4n) is 2.58. The van der Waals surface area contributed by atoms with Gasteiger partial charge in [0.15, 0.2) is 0 Å². The van der Waals surface area contributed by atoms with E-state index in [1.54, 1.807) is 0 Å². The van der Waals surface area contributed by atoms with Crippen LogP contribution >= 0.6 is 15.9 Å². The van der Waals surface area contributed by atoms with Gasteiger partial charge in [-0.25, -0.2) is 0 Å². The molecule has 16 heavy (non-hydrogen) atoms. The SMILES string of the molecule is CC(NC1(c2cccc(Br)c2)CC1)C1CC1. The number of nitrogens with one attached hydrogen (secondary N) is 1. The van der Waals surface area contributed by atoms with E-state index in [1.807, 2.05) is 0 Å². The predicted molar refractivity (Wildman–Crippen MR) is 70.4 cm³/mol. The summed E-state index contributed by atoms with van der Waals surface area (Å²) in [5.74, 6) is 0.935. The second-order valence-corrected chi connectivity index (χ2v) is 6.28. The molecule has 2 aliphatic carbocycles. The minimum atomic E-state index is 0.297. The van der Waals surface area contributed by atoms with Gasteiger partial charge in [0.25, 0.3) is 0 Å². The Balaban J connectivity index is 1.77. The predicted octanol–water partition coefficient (Wildman–Crippen LogP) is 3.83. The highest BCUT2D eigenvalue weighted by Crippen LogP contribution is 2.48. The van der Waals surface area contributed by atoms with Crippen LogP contribution in [0.5, 0.6) is 0 Å². The van der Waals surface area contributed by atoms with Gasteiger partial charge in [0.1, 0.15) is 0 Å². The van der Waals surface area contributed by atoms with Crippen molar-refractivity contribution in [3.05, 3.63) is 34.3 Å². The summed E-state index contributed by atoms with van der Waals surface area (Å²) in [4.78, 5) is 0. The van der Waals surface area contributed by atoms with Crippen molar-refractivity contribution in [2.24, 2.45) is 5.92 Å². The second-order valence-electron chi connectivity index (χ2n) is 5.36. The highest BCUT2D eigenvalue weighted by Gasteiger charge is 2.46. The highest BCUT2D eigenvalue weighted by molar-refractivity contribution is 9.10. The monoisotopic (exact) mass is 279 g/mol. The van der Waals surface area contributed by atoms with Crippen molar-refractivity contribution in [1.29, 1.82) is 0 Å². The molecule has 1 nitrogen and oxygen atoms in total. The third kappa shape index (κ3) is 2.05.